The molecule has 0 aromatic heterocycles. The van der Waals surface area contributed by atoms with Crippen LogP contribution in [-0.4, -0.2) is 4.90 Å². The van der Waals surface area contributed by atoms with E-state index in [1.54, 1.807) is 6.20 Å². The number of rotatable bonds is 0. The van der Waals surface area contributed by atoms with Crippen LogP contribution in [0.3, 0.4) is 0 Å². The van der Waals surface area contributed by atoms with Crippen LogP contribution in [0.5, 0.6) is 0 Å². The van der Waals surface area contributed by atoms with Crippen LogP contribution in [0.15, 0.2) is 30.5 Å². The molecule has 0 fully saturated rings. The molecular formula is C10H7ClN2. The average Bonchev–Trinajstić information content (AvgIpc) is 2.19. The highest BCUT2D eigenvalue weighted by Gasteiger charge is 2.19. The molecule has 1 unspecified atom stereocenters. The fraction of sp³-hybridized carbons (Fsp3) is 0.100. The highest BCUT2D eigenvalue weighted by molar-refractivity contribution is 6.21. The molecule has 3 heteroatoms. The summed E-state index contributed by atoms with van der Waals surface area (Å²) in [5.41, 5.74) is 1.69. The second kappa shape index (κ2) is 3.12. The Bertz CT molecular complexity index is 392. The molecule has 0 aliphatic carbocycles. The van der Waals surface area contributed by atoms with Crippen molar-refractivity contribution in [1.82, 2.24) is 4.90 Å². The van der Waals surface area contributed by atoms with Gasteiger partial charge < -0.3 is 0 Å². The van der Waals surface area contributed by atoms with Gasteiger partial charge in [-0.05, 0) is 17.2 Å². The van der Waals surface area contributed by atoms with Gasteiger partial charge in [-0.3, -0.25) is 4.90 Å². The molecule has 1 aliphatic heterocycles. The van der Waals surface area contributed by atoms with Crippen LogP contribution < -0.4 is 0 Å². The summed E-state index contributed by atoms with van der Waals surface area (Å²) in [5, 5.41) is 8.73. The number of hydrogen-bond acceptors (Lipinski definition) is 2. The third-order valence-corrected chi connectivity index (χ3v) is 2.47. The molecule has 0 saturated heterocycles. The molecule has 1 aromatic rings. The third kappa shape index (κ3) is 1.28. The summed E-state index contributed by atoms with van der Waals surface area (Å²) in [6, 6.07) is 7.79. The molecule has 0 bridgehead atoms. The lowest BCUT2D eigenvalue weighted by atomic mass is 10.0. The fourth-order valence-corrected chi connectivity index (χ4v) is 1.66. The van der Waals surface area contributed by atoms with E-state index in [0.29, 0.717) is 0 Å². The highest BCUT2D eigenvalue weighted by Crippen LogP contribution is 2.32. The van der Waals surface area contributed by atoms with Crippen LogP contribution in [0, 0.1) is 11.5 Å². The molecule has 0 radical (unpaired) electrons. The van der Waals surface area contributed by atoms with Gasteiger partial charge in [0.25, 0.3) is 0 Å². The number of halogens is 1. The van der Waals surface area contributed by atoms with E-state index < -0.39 is 0 Å². The third-order valence-electron chi connectivity index (χ3n) is 2.03. The van der Waals surface area contributed by atoms with Crippen molar-refractivity contribution in [2.75, 3.05) is 0 Å². The lowest BCUT2D eigenvalue weighted by Crippen LogP contribution is -2.17. The van der Waals surface area contributed by atoms with Crippen molar-refractivity contribution in [3.05, 3.63) is 41.6 Å². The van der Waals surface area contributed by atoms with E-state index in [0.717, 1.165) is 11.1 Å². The Morgan fingerprint density at radius 2 is 2.15 bits per heavy atom. The van der Waals surface area contributed by atoms with Crippen molar-refractivity contribution < 1.29 is 0 Å². The van der Waals surface area contributed by atoms with Gasteiger partial charge in [-0.1, -0.05) is 35.9 Å². The monoisotopic (exact) mass is 190 g/mol. The topological polar surface area (TPSA) is 27.0 Å². The van der Waals surface area contributed by atoms with E-state index in [2.05, 4.69) is 0 Å². The molecule has 2 nitrogen and oxygen atoms in total. The maximum absolute atomic E-state index is 8.73. The average molecular weight is 191 g/mol. The van der Waals surface area contributed by atoms with Gasteiger partial charge in [-0.15, -0.1) is 0 Å². The van der Waals surface area contributed by atoms with Crippen LogP contribution in [0.1, 0.15) is 16.6 Å². The van der Waals surface area contributed by atoms with Gasteiger partial charge in [0.1, 0.15) is 5.50 Å². The maximum Gasteiger partial charge on any atom is 0.185 e. The molecular weight excluding hydrogens is 184 g/mol. The molecule has 13 heavy (non-hydrogen) atoms. The Labute approximate surface area is 81.7 Å². The Balaban J connectivity index is 2.49. The summed E-state index contributed by atoms with van der Waals surface area (Å²) < 4.78 is 0. The standard InChI is InChI=1S/C10H7ClN2/c11-10-9-4-2-1-3-8(9)5-6-13(10)7-12/h1-6,10H. The maximum atomic E-state index is 8.73. The highest BCUT2D eigenvalue weighted by atomic mass is 35.5. The predicted octanol–water partition coefficient (Wildman–Crippen LogP) is 2.69. The van der Waals surface area contributed by atoms with Crippen molar-refractivity contribution in [2.24, 2.45) is 0 Å². The van der Waals surface area contributed by atoms with Crippen molar-refractivity contribution >= 4 is 17.7 Å². The van der Waals surface area contributed by atoms with E-state index in [4.69, 9.17) is 16.9 Å². The first-order valence-corrected chi connectivity index (χ1v) is 4.36. The molecule has 1 atom stereocenters. The zero-order valence-electron chi connectivity index (χ0n) is 6.81. The normalized spacial score (nSPS) is 19.4. The smallest absolute Gasteiger partial charge is 0.185 e. The second-order valence-electron chi connectivity index (χ2n) is 2.79. The van der Waals surface area contributed by atoms with Crippen molar-refractivity contribution in [1.29, 1.82) is 5.26 Å². The largest absolute Gasteiger partial charge is 0.265 e. The Kier molecular flexibility index (Phi) is 1.96. The first-order valence-electron chi connectivity index (χ1n) is 3.92. The van der Waals surface area contributed by atoms with Crippen molar-refractivity contribution in [3.63, 3.8) is 0 Å². The van der Waals surface area contributed by atoms with Crippen LogP contribution in [0.25, 0.3) is 6.08 Å². The van der Waals surface area contributed by atoms with Gasteiger partial charge in [0.15, 0.2) is 6.19 Å². The summed E-state index contributed by atoms with van der Waals surface area (Å²) >= 11 is 6.07. The summed E-state index contributed by atoms with van der Waals surface area (Å²) in [4.78, 5) is 1.42. The minimum atomic E-state index is -0.369. The minimum Gasteiger partial charge on any atom is -0.265 e. The SMILES string of the molecule is N#CN1C=Cc2ccccc2C1Cl. The van der Waals surface area contributed by atoms with Crippen molar-refractivity contribution in [3.8, 4) is 6.19 Å². The lowest BCUT2D eigenvalue weighted by molar-refractivity contribution is 0.494. The first-order chi connectivity index (χ1) is 6.33. The summed E-state index contributed by atoms with van der Waals surface area (Å²) in [5.74, 6) is 0. The molecule has 0 saturated carbocycles. The van der Waals surface area contributed by atoms with Crippen LogP contribution in [0.4, 0.5) is 0 Å². The summed E-state index contributed by atoms with van der Waals surface area (Å²) in [6.45, 7) is 0. The molecule has 1 aromatic carbocycles. The number of benzene rings is 1. The van der Waals surface area contributed by atoms with Gasteiger partial charge in [0.2, 0.25) is 0 Å². The van der Waals surface area contributed by atoms with Gasteiger partial charge in [0, 0.05) is 6.20 Å². The first kappa shape index (κ1) is 8.15. The van der Waals surface area contributed by atoms with E-state index in [9.17, 15) is 0 Å². The van der Waals surface area contributed by atoms with E-state index in [1.807, 2.05) is 36.5 Å². The van der Waals surface area contributed by atoms with Gasteiger partial charge >= 0.3 is 0 Å². The van der Waals surface area contributed by atoms with Gasteiger partial charge in [-0.25, -0.2) is 0 Å². The molecule has 1 heterocycles. The molecule has 0 amide bonds. The quantitative estimate of drug-likeness (QED) is 0.357. The summed E-state index contributed by atoms with van der Waals surface area (Å²) in [6.07, 6.45) is 5.59. The number of nitrogens with zero attached hydrogens (tertiary/aromatic N) is 2. The van der Waals surface area contributed by atoms with Gasteiger partial charge in [-0.2, -0.15) is 5.26 Å². The minimum absolute atomic E-state index is 0.369. The second-order valence-corrected chi connectivity index (χ2v) is 3.20. The van der Waals surface area contributed by atoms with E-state index in [-0.39, 0.29) is 5.50 Å². The van der Waals surface area contributed by atoms with Crippen LogP contribution in [0.2, 0.25) is 0 Å². The molecule has 2 rings (SSSR count). The fourth-order valence-electron chi connectivity index (χ4n) is 1.35. The number of alkyl halides is 1. The van der Waals surface area contributed by atoms with Gasteiger partial charge in [0.05, 0.1) is 0 Å². The number of nitriles is 1. The Hall–Kier alpha value is -1.46. The van der Waals surface area contributed by atoms with E-state index in [1.165, 1.54) is 4.90 Å². The van der Waals surface area contributed by atoms with E-state index >= 15 is 0 Å². The number of fused-ring (bicyclic) bond motifs is 1. The number of hydrogen-bond donors (Lipinski definition) is 0. The zero-order valence-corrected chi connectivity index (χ0v) is 7.57. The Morgan fingerprint density at radius 1 is 1.38 bits per heavy atom. The summed E-state index contributed by atoms with van der Waals surface area (Å²) in [7, 11) is 0. The van der Waals surface area contributed by atoms with Crippen molar-refractivity contribution in [2.45, 2.75) is 5.50 Å². The van der Waals surface area contributed by atoms with Crippen LogP contribution >= 0.6 is 11.6 Å². The molecule has 0 spiro atoms. The molecule has 1 aliphatic rings. The zero-order chi connectivity index (χ0) is 9.26. The van der Waals surface area contributed by atoms with Crippen LogP contribution in [-0.2, 0) is 0 Å². The molecule has 0 N–H and O–H groups in total. The predicted molar refractivity (Wildman–Crippen MR) is 51.5 cm³/mol. The lowest BCUT2D eigenvalue weighted by Gasteiger charge is -2.23. The Morgan fingerprint density at radius 3 is 2.92 bits per heavy atom. The molecule has 64 valence electrons.